The lowest BCUT2D eigenvalue weighted by molar-refractivity contribution is 0.416. The standard InChI is InChI=1S/C13H21NS/c1-3-10-4-5-11(8-10)13(14)12-6-7-15-9(12)2/h6-7,10-11,13H,3-5,8,14H2,1-2H3. The van der Waals surface area contributed by atoms with Crippen LogP contribution in [-0.2, 0) is 0 Å². The Morgan fingerprint density at radius 3 is 2.87 bits per heavy atom. The number of hydrogen-bond donors (Lipinski definition) is 1. The molecule has 0 amide bonds. The molecular weight excluding hydrogens is 202 g/mol. The second-order valence-electron chi connectivity index (χ2n) is 4.81. The molecule has 1 nitrogen and oxygen atoms in total. The van der Waals surface area contributed by atoms with Gasteiger partial charge in [0.2, 0.25) is 0 Å². The van der Waals surface area contributed by atoms with Gasteiger partial charge in [-0.1, -0.05) is 19.8 Å². The van der Waals surface area contributed by atoms with E-state index >= 15 is 0 Å². The van der Waals surface area contributed by atoms with Crippen molar-refractivity contribution in [3.63, 3.8) is 0 Å². The van der Waals surface area contributed by atoms with Crippen molar-refractivity contribution in [1.82, 2.24) is 0 Å². The minimum absolute atomic E-state index is 0.285. The Balaban J connectivity index is 2.03. The molecule has 3 atom stereocenters. The maximum atomic E-state index is 6.37. The first-order valence-corrected chi connectivity index (χ1v) is 6.90. The van der Waals surface area contributed by atoms with Crippen LogP contribution in [0.2, 0.25) is 0 Å². The molecule has 2 heteroatoms. The van der Waals surface area contributed by atoms with Crippen LogP contribution in [0.25, 0.3) is 0 Å². The van der Waals surface area contributed by atoms with E-state index in [0.717, 1.165) is 11.8 Å². The summed E-state index contributed by atoms with van der Waals surface area (Å²) in [6, 6.07) is 2.50. The summed E-state index contributed by atoms with van der Waals surface area (Å²) in [6.45, 7) is 4.49. The van der Waals surface area contributed by atoms with Crippen molar-refractivity contribution in [1.29, 1.82) is 0 Å². The fourth-order valence-electron chi connectivity index (χ4n) is 2.81. The van der Waals surface area contributed by atoms with E-state index in [1.54, 1.807) is 0 Å². The molecule has 1 saturated carbocycles. The van der Waals surface area contributed by atoms with Gasteiger partial charge >= 0.3 is 0 Å². The largest absolute Gasteiger partial charge is 0.324 e. The molecule has 1 aromatic heterocycles. The topological polar surface area (TPSA) is 26.0 Å². The molecule has 1 aliphatic rings. The van der Waals surface area contributed by atoms with Crippen LogP contribution < -0.4 is 5.73 Å². The zero-order valence-corrected chi connectivity index (χ0v) is 10.5. The number of thiophene rings is 1. The van der Waals surface area contributed by atoms with Crippen molar-refractivity contribution in [3.05, 3.63) is 21.9 Å². The second kappa shape index (κ2) is 4.67. The predicted octanol–water partition coefficient (Wildman–Crippen LogP) is 3.88. The van der Waals surface area contributed by atoms with Gasteiger partial charge in [-0.3, -0.25) is 0 Å². The van der Waals surface area contributed by atoms with Crippen LogP contribution in [0, 0.1) is 18.8 Å². The Labute approximate surface area is 96.7 Å². The summed E-state index contributed by atoms with van der Waals surface area (Å²) in [5, 5.41) is 2.16. The Kier molecular flexibility index (Phi) is 3.47. The third-order valence-electron chi connectivity index (χ3n) is 3.93. The zero-order chi connectivity index (χ0) is 10.8. The quantitative estimate of drug-likeness (QED) is 0.826. The Bertz CT molecular complexity index is 318. The van der Waals surface area contributed by atoms with Gasteiger partial charge in [-0.15, -0.1) is 11.3 Å². The highest BCUT2D eigenvalue weighted by Gasteiger charge is 2.29. The van der Waals surface area contributed by atoms with E-state index in [-0.39, 0.29) is 6.04 Å². The van der Waals surface area contributed by atoms with Crippen molar-refractivity contribution in [2.45, 2.75) is 45.6 Å². The molecule has 2 N–H and O–H groups in total. The van der Waals surface area contributed by atoms with E-state index in [2.05, 4.69) is 25.3 Å². The van der Waals surface area contributed by atoms with Crippen LogP contribution in [0.3, 0.4) is 0 Å². The maximum Gasteiger partial charge on any atom is 0.0334 e. The van der Waals surface area contributed by atoms with Crippen molar-refractivity contribution >= 4 is 11.3 Å². The normalized spacial score (nSPS) is 28.2. The average Bonchev–Trinajstić information content (AvgIpc) is 2.84. The molecule has 1 heterocycles. The molecule has 1 aromatic rings. The highest BCUT2D eigenvalue weighted by atomic mass is 32.1. The maximum absolute atomic E-state index is 6.37. The van der Waals surface area contributed by atoms with Crippen molar-refractivity contribution in [2.24, 2.45) is 17.6 Å². The van der Waals surface area contributed by atoms with Gasteiger partial charge < -0.3 is 5.73 Å². The third kappa shape index (κ3) is 2.26. The van der Waals surface area contributed by atoms with E-state index in [4.69, 9.17) is 5.73 Å². The van der Waals surface area contributed by atoms with Gasteiger partial charge in [0.25, 0.3) is 0 Å². The van der Waals surface area contributed by atoms with Crippen LogP contribution in [0.4, 0.5) is 0 Å². The molecule has 15 heavy (non-hydrogen) atoms. The summed E-state index contributed by atoms with van der Waals surface area (Å²) in [4.78, 5) is 1.41. The lowest BCUT2D eigenvalue weighted by atomic mass is 9.91. The SMILES string of the molecule is CCC1CCC(C(N)c2ccsc2C)C1. The molecular formula is C13H21NS. The first-order chi connectivity index (χ1) is 7.22. The number of aryl methyl sites for hydroxylation is 1. The monoisotopic (exact) mass is 223 g/mol. The van der Waals surface area contributed by atoms with Gasteiger partial charge in [-0.25, -0.2) is 0 Å². The van der Waals surface area contributed by atoms with E-state index in [9.17, 15) is 0 Å². The van der Waals surface area contributed by atoms with Crippen LogP contribution in [0.1, 0.15) is 49.1 Å². The van der Waals surface area contributed by atoms with Crippen LogP contribution in [0.5, 0.6) is 0 Å². The van der Waals surface area contributed by atoms with E-state index in [1.165, 1.54) is 36.1 Å². The molecule has 2 rings (SSSR count). The molecule has 0 radical (unpaired) electrons. The predicted molar refractivity (Wildman–Crippen MR) is 67.1 cm³/mol. The van der Waals surface area contributed by atoms with Crippen molar-refractivity contribution in [2.75, 3.05) is 0 Å². The molecule has 0 saturated heterocycles. The summed E-state index contributed by atoms with van der Waals surface area (Å²) < 4.78 is 0. The van der Waals surface area contributed by atoms with Crippen molar-refractivity contribution < 1.29 is 0 Å². The Morgan fingerprint density at radius 2 is 2.33 bits per heavy atom. The third-order valence-corrected chi connectivity index (χ3v) is 4.79. The zero-order valence-electron chi connectivity index (χ0n) is 9.70. The van der Waals surface area contributed by atoms with Gasteiger partial charge in [0, 0.05) is 10.9 Å². The molecule has 1 fully saturated rings. The molecule has 0 aromatic carbocycles. The Hall–Kier alpha value is -0.340. The fourth-order valence-corrected chi connectivity index (χ4v) is 3.56. The van der Waals surface area contributed by atoms with Gasteiger partial charge in [0.1, 0.15) is 0 Å². The highest BCUT2D eigenvalue weighted by molar-refractivity contribution is 7.10. The van der Waals surface area contributed by atoms with E-state index < -0.39 is 0 Å². The van der Waals surface area contributed by atoms with Gasteiger partial charge in [-0.05, 0) is 48.6 Å². The molecule has 0 bridgehead atoms. The highest BCUT2D eigenvalue weighted by Crippen LogP contribution is 2.40. The second-order valence-corrected chi connectivity index (χ2v) is 5.93. The molecule has 1 aliphatic carbocycles. The first kappa shape index (κ1) is 11.2. The lowest BCUT2D eigenvalue weighted by Gasteiger charge is -2.19. The summed E-state index contributed by atoms with van der Waals surface area (Å²) in [5.74, 6) is 1.66. The molecule has 0 spiro atoms. The summed E-state index contributed by atoms with van der Waals surface area (Å²) in [7, 11) is 0. The first-order valence-electron chi connectivity index (χ1n) is 6.02. The summed E-state index contributed by atoms with van der Waals surface area (Å²) >= 11 is 1.82. The smallest absolute Gasteiger partial charge is 0.0334 e. The number of rotatable bonds is 3. The number of nitrogens with two attached hydrogens (primary N) is 1. The minimum atomic E-state index is 0.285. The van der Waals surface area contributed by atoms with E-state index in [1.807, 2.05) is 11.3 Å². The molecule has 0 aliphatic heterocycles. The van der Waals surface area contributed by atoms with Crippen molar-refractivity contribution in [3.8, 4) is 0 Å². The molecule has 3 unspecified atom stereocenters. The number of hydrogen-bond acceptors (Lipinski definition) is 2. The minimum Gasteiger partial charge on any atom is -0.324 e. The average molecular weight is 223 g/mol. The van der Waals surface area contributed by atoms with Crippen LogP contribution in [0.15, 0.2) is 11.4 Å². The Morgan fingerprint density at radius 1 is 1.53 bits per heavy atom. The lowest BCUT2D eigenvalue weighted by Crippen LogP contribution is -2.19. The van der Waals surface area contributed by atoms with Gasteiger partial charge in [-0.2, -0.15) is 0 Å². The van der Waals surface area contributed by atoms with E-state index in [0.29, 0.717) is 0 Å². The van der Waals surface area contributed by atoms with Gasteiger partial charge in [0.15, 0.2) is 0 Å². The fraction of sp³-hybridized carbons (Fsp3) is 0.692. The molecule has 84 valence electrons. The summed E-state index contributed by atoms with van der Waals surface area (Å²) in [5.41, 5.74) is 7.76. The van der Waals surface area contributed by atoms with Crippen LogP contribution >= 0.6 is 11.3 Å². The summed E-state index contributed by atoms with van der Waals surface area (Å²) in [6.07, 6.45) is 5.38. The van der Waals surface area contributed by atoms with Crippen LogP contribution in [-0.4, -0.2) is 0 Å². The van der Waals surface area contributed by atoms with Gasteiger partial charge in [0.05, 0.1) is 0 Å².